The number of hydrogen-bond acceptors (Lipinski definition) is 6. The van der Waals surface area contributed by atoms with E-state index < -0.39 is 22.0 Å². The van der Waals surface area contributed by atoms with Crippen molar-refractivity contribution in [1.29, 1.82) is 0 Å². The summed E-state index contributed by atoms with van der Waals surface area (Å²) in [4.78, 5) is 25.4. The zero-order chi connectivity index (χ0) is 22.4. The van der Waals surface area contributed by atoms with Gasteiger partial charge in [-0.1, -0.05) is 24.3 Å². The van der Waals surface area contributed by atoms with Gasteiger partial charge in [0, 0.05) is 26.6 Å². The minimum absolute atomic E-state index is 0.0904. The highest BCUT2D eigenvalue weighted by Crippen LogP contribution is 2.34. The summed E-state index contributed by atoms with van der Waals surface area (Å²) in [5.74, 6) is -0.512. The quantitative estimate of drug-likeness (QED) is 0.624. The van der Waals surface area contributed by atoms with Crippen molar-refractivity contribution in [2.24, 2.45) is 0 Å². The molecule has 2 aromatic rings. The molecule has 10 heteroatoms. The maximum absolute atomic E-state index is 13.0. The summed E-state index contributed by atoms with van der Waals surface area (Å²) in [6.45, 7) is 0.793. The number of carbonyl (C=O) groups excluding carboxylic acids is 2. The minimum atomic E-state index is -3.54. The summed E-state index contributed by atoms with van der Waals surface area (Å²) < 4.78 is 36.4. The maximum atomic E-state index is 13.0. The molecule has 2 N–H and O–H groups in total. The Morgan fingerprint density at radius 1 is 1.16 bits per heavy atom. The van der Waals surface area contributed by atoms with Crippen LogP contribution in [0.1, 0.15) is 16.8 Å². The molecule has 1 heterocycles. The van der Waals surface area contributed by atoms with Crippen LogP contribution in [0.5, 0.6) is 5.75 Å². The Bertz CT molecular complexity index is 1060. The van der Waals surface area contributed by atoms with Crippen LogP contribution in [0.2, 0.25) is 0 Å². The van der Waals surface area contributed by atoms with E-state index in [-0.39, 0.29) is 18.9 Å². The molecule has 0 aliphatic carbocycles. The largest absolute Gasteiger partial charge is 0.478 e. The SMILES string of the molecule is COCCNC(=O)c1ccccc1NC(=O)[C@H]1CCN(S(C)(=O)=O)c2ccccc2O1. The predicted molar refractivity (Wildman–Crippen MR) is 117 cm³/mol. The maximum Gasteiger partial charge on any atom is 0.265 e. The molecular formula is C21H25N3O6S. The Hall–Kier alpha value is -3.11. The van der Waals surface area contributed by atoms with Gasteiger partial charge in [0.1, 0.15) is 5.75 Å². The van der Waals surface area contributed by atoms with Gasteiger partial charge in [-0.25, -0.2) is 8.42 Å². The topological polar surface area (TPSA) is 114 Å². The van der Waals surface area contributed by atoms with Crippen molar-refractivity contribution in [2.45, 2.75) is 12.5 Å². The minimum Gasteiger partial charge on any atom is -0.478 e. The fraction of sp³-hybridized carbons (Fsp3) is 0.333. The Kier molecular flexibility index (Phi) is 7.13. The molecule has 0 radical (unpaired) electrons. The number of rotatable bonds is 7. The molecule has 0 unspecified atom stereocenters. The molecule has 1 aliphatic rings. The molecule has 31 heavy (non-hydrogen) atoms. The van der Waals surface area contributed by atoms with E-state index in [0.29, 0.717) is 35.8 Å². The summed E-state index contributed by atoms with van der Waals surface area (Å²) in [5.41, 5.74) is 1.03. The number of nitrogens with one attached hydrogen (secondary N) is 2. The van der Waals surface area contributed by atoms with E-state index in [0.717, 1.165) is 6.26 Å². The smallest absolute Gasteiger partial charge is 0.265 e. The zero-order valence-corrected chi connectivity index (χ0v) is 18.1. The van der Waals surface area contributed by atoms with Gasteiger partial charge in [-0.15, -0.1) is 0 Å². The summed E-state index contributed by atoms with van der Waals surface area (Å²) in [7, 11) is -2.00. The molecule has 2 amide bonds. The number of hydrogen-bond donors (Lipinski definition) is 2. The number of anilines is 2. The molecule has 9 nitrogen and oxygen atoms in total. The predicted octanol–water partition coefficient (Wildman–Crippen LogP) is 1.62. The fourth-order valence-corrected chi connectivity index (χ4v) is 4.17. The molecule has 0 saturated heterocycles. The normalized spacial score (nSPS) is 15.9. The van der Waals surface area contributed by atoms with E-state index >= 15 is 0 Å². The summed E-state index contributed by atoms with van der Waals surface area (Å²) in [6, 6.07) is 13.3. The average Bonchev–Trinajstić information content (AvgIpc) is 2.94. The number of carbonyl (C=O) groups is 2. The molecule has 0 saturated carbocycles. The molecule has 0 spiro atoms. The van der Waals surface area contributed by atoms with E-state index in [1.807, 2.05) is 0 Å². The highest BCUT2D eigenvalue weighted by Gasteiger charge is 2.31. The first-order chi connectivity index (χ1) is 14.8. The second kappa shape index (κ2) is 9.80. The number of benzene rings is 2. The van der Waals surface area contributed by atoms with Gasteiger partial charge < -0.3 is 20.1 Å². The standard InChI is InChI=1S/C21H25N3O6S/c1-29-14-12-22-20(25)15-7-3-4-8-16(15)23-21(26)19-11-13-24(31(2,27)28)17-9-5-6-10-18(17)30-19/h3-10,19H,11-14H2,1-2H3,(H,22,25)(H,23,26)/t19-/m1/s1. The highest BCUT2D eigenvalue weighted by molar-refractivity contribution is 7.92. The number of sulfonamides is 1. The fourth-order valence-electron chi connectivity index (χ4n) is 3.22. The number of methoxy groups -OCH3 is 1. The number of amides is 2. The third kappa shape index (κ3) is 5.53. The summed E-state index contributed by atoms with van der Waals surface area (Å²) in [5, 5.41) is 5.46. The number of nitrogens with zero attached hydrogens (tertiary/aromatic N) is 1. The van der Waals surface area contributed by atoms with Gasteiger partial charge in [0.25, 0.3) is 11.8 Å². The van der Waals surface area contributed by atoms with Crippen LogP contribution in [-0.2, 0) is 19.6 Å². The summed E-state index contributed by atoms with van der Waals surface area (Å²) in [6.07, 6.45) is 0.329. The van der Waals surface area contributed by atoms with Crippen molar-refractivity contribution >= 4 is 33.2 Å². The molecule has 2 aromatic carbocycles. The van der Waals surface area contributed by atoms with Crippen LogP contribution in [0.15, 0.2) is 48.5 Å². The van der Waals surface area contributed by atoms with E-state index in [1.54, 1.807) is 48.5 Å². The van der Waals surface area contributed by atoms with Gasteiger partial charge in [-0.2, -0.15) is 0 Å². The second-order valence-electron chi connectivity index (χ2n) is 6.98. The van der Waals surface area contributed by atoms with Crippen molar-refractivity contribution in [3.8, 4) is 5.75 Å². The van der Waals surface area contributed by atoms with Crippen LogP contribution in [0.4, 0.5) is 11.4 Å². The van der Waals surface area contributed by atoms with Crippen molar-refractivity contribution in [3.05, 3.63) is 54.1 Å². The monoisotopic (exact) mass is 447 g/mol. The number of para-hydroxylation sites is 3. The van der Waals surface area contributed by atoms with Gasteiger partial charge in [-0.3, -0.25) is 13.9 Å². The van der Waals surface area contributed by atoms with Gasteiger partial charge in [0.15, 0.2) is 6.10 Å². The van der Waals surface area contributed by atoms with Crippen molar-refractivity contribution in [3.63, 3.8) is 0 Å². The Morgan fingerprint density at radius 3 is 2.61 bits per heavy atom. The lowest BCUT2D eigenvalue weighted by atomic mass is 10.1. The highest BCUT2D eigenvalue weighted by atomic mass is 32.2. The first kappa shape index (κ1) is 22.6. The van der Waals surface area contributed by atoms with Crippen LogP contribution in [0, 0.1) is 0 Å². The van der Waals surface area contributed by atoms with Crippen LogP contribution in [-0.4, -0.2) is 59.4 Å². The molecule has 0 bridgehead atoms. The molecule has 3 rings (SSSR count). The van der Waals surface area contributed by atoms with Gasteiger partial charge in [0.2, 0.25) is 10.0 Å². The molecule has 0 aromatic heterocycles. The first-order valence-corrected chi connectivity index (χ1v) is 11.6. The molecule has 0 fully saturated rings. The van der Waals surface area contributed by atoms with Crippen LogP contribution < -0.4 is 19.7 Å². The lowest BCUT2D eigenvalue weighted by molar-refractivity contribution is -0.122. The van der Waals surface area contributed by atoms with Gasteiger partial charge in [-0.05, 0) is 24.3 Å². The van der Waals surface area contributed by atoms with E-state index in [4.69, 9.17) is 9.47 Å². The molecule has 1 aliphatic heterocycles. The van der Waals surface area contributed by atoms with Gasteiger partial charge >= 0.3 is 0 Å². The zero-order valence-electron chi connectivity index (χ0n) is 17.3. The van der Waals surface area contributed by atoms with Crippen molar-refractivity contribution < 1.29 is 27.5 Å². The van der Waals surface area contributed by atoms with E-state index in [9.17, 15) is 18.0 Å². The van der Waals surface area contributed by atoms with Crippen LogP contribution in [0.3, 0.4) is 0 Å². The van der Waals surface area contributed by atoms with Crippen LogP contribution >= 0.6 is 0 Å². The number of fused-ring (bicyclic) bond motifs is 1. The third-order valence-corrected chi connectivity index (χ3v) is 5.89. The summed E-state index contributed by atoms with van der Waals surface area (Å²) >= 11 is 0. The third-order valence-electron chi connectivity index (χ3n) is 4.71. The van der Waals surface area contributed by atoms with Crippen molar-refractivity contribution in [1.82, 2.24) is 5.32 Å². The van der Waals surface area contributed by atoms with E-state index in [1.165, 1.54) is 11.4 Å². The lowest BCUT2D eigenvalue weighted by Crippen LogP contribution is -2.36. The van der Waals surface area contributed by atoms with Crippen LogP contribution in [0.25, 0.3) is 0 Å². The number of ether oxygens (including phenoxy) is 2. The Balaban J connectivity index is 1.79. The first-order valence-electron chi connectivity index (χ1n) is 9.71. The lowest BCUT2D eigenvalue weighted by Gasteiger charge is -2.20. The Labute approximate surface area is 181 Å². The van der Waals surface area contributed by atoms with Crippen molar-refractivity contribution in [2.75, 3.05) is 42.7 Å². The van der Waals surface area contributed by atoms with Gasteiger partial charge in [0.05, 0.1) is 29.8 Å². The molecular weight excluding hydrogens is 422 g/mol. The Morgan fingerprint density at radius 2 is 1.87 bits per heavy atom. The molecule has 1 atom stereocenters. The molecule has 166 valence electrons. The second-order valence-corrected chi connectivity index (χ2v) is 8.89. The average molecular weight is 448 g/mol. The van der Waals surface area contributed by atoms with E-state index in [2.05, 4.69) is 10.6 Å².